The Bertz CT molecular complexity index is 651. The molecule has 0 spiro atoms. The van der Waals surface area contributed by atoms with Crippen LogP contribution in [0, 0.1) is 0 Å². The first-order valence-corrected chi connectivity index (χ1v) is 9.28. The Labute approximate surface area is 158 Å². The number of carbonyl (C=O) groups is 2. The largest absolute Gasteiger partial charge is 0.447 e. The highest BCUT2D eigenvalue weighted by molar-refractivity contribution is 6.21. The maximum Gasteiger partial charge on any atom is 0.416 e. The lowest BCUT2D eigenvalue weighted by Gasteiger charge is -2.22. The van der Waals surface area contributed by atoms with Crippen LogP contribution in [0.4, 0.5) is 4.79 Å². The molecule has 3 rings (SSSR count). The summed E-state index contributed by atoms with van der Waals surface area (Å²) in [6.45, 7) is 4.28. The zero-order valence-corrected chi connectivity index (χ0v) is 15.8. The molecule has 2 aliphatic rings. The summed E-state index contributed by atoms with van der Waals surface area (Å²) < 4.78 is 16.3. The van der Waals surface area contributed by atoms with Crippen molar-refractivity contribution in [2.24, 2.45) is 0 Å². The number of hydrogen-bond donors (Lipinski definition) is 0. The summed E-state index contributed by atoms with van der Waals surface area (Å²) in [5, 5.41) is -0.355. The molecule has 26 heavy (non-hydrogen) atoms. The number of benzene rings is 1. The number of amides is 2. The lowest BCUT2D eigenvalue weighted by Crippen LogP contribution is -2.40. The average molecular weight is 382 g/mol. The van der Waals surface area contributed by atoms with Gasteiger partial charge in [0.05, 0.1) is 18.0 Å². The van der Waals surface area contributed by atoms with E-state index in [-0.39, 0.29) is 36.5 Å². The minimum absolute atomic E-state index is 0.162. The van der Waals surface area contributed by atoms with Crippen LogP contribution in [0.5, 0.6) is 0 Å². The molecule has 0 N–H and O–H groups in total. The fraction of sp³-hybridized carbons (Fsp3) is 0.579. The van der Waals surface area contributed by atoms with Crippen molar-refractivity contribution in [1.82, 2.24) is 4.90 Å². The van der Waals surface area contributed by atoms with Crippen molar-refractivity contribution in [2.45, 2.75) is 56.4 Å². The van der Waals surface area contributed by atoms with E-state index in [0.717, 1.165) is 5.56 Å². The molecule has 2 aliphatic heterocycles. The van der Waals surface area contributed by atoms with Crippen molar-refractivity contribution >= 4 is 23.6 Å². The molecular weight excluding hydrogens is 358 g/mol. The smallest absolute Gasteiger partial charge is 0.416 e. The van der Waals surface area contributed by atoms with Gasteiger partial charge in [-0.1, -0.05) is 30.3 Å². The molecule has 7 heteroatoms. The summed E-state index contributed by atoms with van der Waals surface area (Å²) in [6, 6.07) is 9.46. The summed E-state index contributed by atoms with van der Waals surface area (Å²) in [6.07, 6.45) is 0.311. The zero-order valence-electron chi connectivity index (χ0n) is 15.0. The van der Waals surface area contributed by atoms with Gasteiger partial charge in [0, 0.05) is 6.42 Å². The van der Waals surface area contributed by atoms with Crippen LogP contribution in [-0.4, -0.2) is 53.4 Å². The number of nitrogens with zero attached hydrogens (tertiary/aromatic N) is 1. The number of alkyl halides is 1. The Hall–Kier alpha value is -1.63. The number of imide groups is 1. The molecule has 2 heterocycles. The van der Waals surface area contributed by atoms with E-state index in [4.69, 9.17) is 25.8 Å². The van der Waals surface area contributed by atoms with Crippen molar-refractivity contribution in [3.05, 3.63) is 35.9 Å². The normalized spacial score (nSPS) is 26.0. The first-order valence-electron chi connectivity index (χ1n) is 8.84. The van der Waals surface area contributed by atoms with Crippen LogP contribution in [0.3, 0.4) is 0 Å². The fourth-order valence-corrected chi connectivity index (χ4v) is 3.50. The second kappa shape index (κ2) is 7.94. The minimum Gasteiger partial charge on any atom is -0.447 e. The molecule has 0 aromatic heterocycles. The van der Waals surface area contributed by atoms with Crippen molar-refractivity contribution in [3.8, 4) is 0 Å². The Balaban J connectivity index is 1.54. The maximum atomic E-state index is 12.6. The molecule has 2 amide bonds. The van der Waals surface area contributed by atoms with E-state index in [2.05, 4.69) is 0 Å². The van der Waals surface area contributed by atoms with Crippen LogP contribution in [0.15, 0.2) is 30.3 Å². The number of halogens is 1. The second-order valence-electron chi connectivity index (χ2n) is 7.11. The zero-order chi connectivity index (χ0) is 18.7. The Morgan fingerprint density at radius 2 is 2.04 bits per heavy atom. The molecule has 0 bridgehead atoms. The summed E-state index contributed by atoms with van der Waals surface area (Å²) >= 11 is 6.38. The van der Waals surface area contributed by atoms with Gasteiger partial charge in [0.1, 0.15) is 12.7 Å². The number of carbonyl (C=O) groups excluding carboxylic acids is 2. The molecule has 0 aliphatic carbocycles. The second-order valence-corrected chi connectivity index (χ2v) is 7.67. The molecule has 2 saturated heterocycles. The average Bonchev–Trinajstić information content (AvgIpc) is 3.15. The number of hydrogen-bond acceptors (Lipinski definition) is 5. The van der Waals surface area contributed by atoms with E-state index in [1.807, 2.05) is 44.2 Å². The van der Waals surface area contributed by atoms with Crippen LogP contribution in [-0.2, 0) is 25.4 Å². The molecule has 1 aromatic rings. The molecular formula is C19H24ClNO5. The van der Waals surface area contributed by atoms with Gasteiger partial charge in [0.2, 0.25) is 5.91 Å². The predicted octanol–water partition coefficient (Wildman–Crippen LogP) is 3.12. The molecule has 1 aromatic carbocycles. The van der Waals surface area contributed by atoms with Gasteiger partial charge >= 0.3 is 6.09 Å². The summed E-state index contributed by atoms with van der Waals surface area (Å²) in [7, 11) is 0. The number of ether oxygens (including phenoxy) is 3. The topological polar surface area (TPSA) is 65.1 Å². The molecule has 142 valence electrons. The van der Waals surface area contributed by atoms with E-state index >= 15 is 0 Å². The summed E-state index contributed by atoms with van der Waals surface area (Å²) in [5.41, 5.74) is 1.06. The van der Waals surface area contributed by atoms with Gasteiger partial charge in [-0.05, 0) is 32.3 Å². The van der Waals surface area contributed by atoms with Gasteiger partial charge in [0.25, 0.3) is 0 Å². The van der Waals surface area contributed by atoms with Gasteiger partial charge in [-0.3, -0.25) is 4.79 Å². The SMILES string of the molecule is CC1(C)OC[C@@H]([C@@H](Cl)CCC(=O)N2C(=O)OC[C@H]2Cc2ccccc2)O1. The van der Waals surface area contributed by atoms with Gasteiger partial charge in [-0.25, -0.2) is 9.69 Å². The quantitative estimate of drug-likeness (QED) is 0.708. The van der Waals surface area contributed by atoms with Gasteiger partial charge in [-0.2, -0.15) is 0 Å². The Kier molecular flexibility index (Phi) is 5.85. The standard InChI is InChI=1S/C19H24ClNO5/c1-19(2)25-12-16(26-19)15(20)8-9-17(22)21-14(11-24-18(21)23)10-13-6-4-3-5-7-13/h3-7,14-16H,8-12H2,1-2H3/t14-,15+,16+/m1/s1. The van der Waals surface area contributed by atoms with Crippen LogP contribution in [0.1, 0.15) is 32.3 Å². The van der Waals surface area contributed by atoms with Gasteiger partial charge in [-0.15, -0.1) is 11.6 Å². The van der Waals surface area contributed by atoms with Crippen LogP contribution in [0.25, 0.3) is 0 Å². The van der Waals surface area contributed by atoms with Gasteiger partial charge in [0.15, 0.2) is 5.79 Å². The van der Waals surface area contributed by atoms with Crippen LogP contribution < -0.4 is 0 Å². The lowest BCUT2D eigenvalue weighted by atomic mass is 10.1. The fourth-order valence-electron chi connectivity index (χ4n) is 3.26. The van der Waals surface area contributed by atoms with E-state index < -0.39 is 11.9 Å². The first-order chi connectivity index (χ1) is 12.4. The molecule has 2 fully saturated rings. The number of cyclic esters (lactones) is 1. The third-order valence-electron chi connectivity index (χ3n) is 4.61. The van der Waals surface area contributed by atoms with E-state index in [1.165, 1.54) is 4.90 Å². The first kappa shape index (κ1) is 19.1. The van der Waals surface area contributed by atoms with Crippen molar-refractivity contribution in [2.75, 3.05) is 13.2 Å². The lowest BCUT2D eigenvalue weighted by molar-refractivity contribution is -0.138. The van der Waals surface area contributed by atoms with Crippen molar-refractivity contribution < 1.29 is 23.8 Å². The van der Waals surface area contributed by atoms with E-state index in [0.29, 0.717) is 19.4 Å². The Morgan fingerprint density at radius 1 is 1.31 bits per heavy atom. The molecule has 0 saturated carbocycles. The molecule has 0 unspecified atom stereocenters. The Morgan fingerprint density at radius 3 is 2.69 bits per heavy atom. The third kappa shape index (κ3) is 4.55. The highest BCUT2D eigenvalue weighted by atomic mass is 35.5. The third-order valence-corrected chi connectivity index (χ3v) is 5.11. The van der Waals surface area contributed by atoms with Gasteiger partial charge < -0.3 is 14.2 Å². The summed E-state index contributed by atoms with van der Waals surface area (Å²) in [5.74, 6) is -0.918. The van der Waals surface area contributed by atoms with E-state index in [9.17, 15) is 9.59 Å². The van der Waals surface area contributed by atoms with Crippen LogP contribution >= 0.6 is 11.6 Å². The highest BCUT2D eigenvalue weighted by Gasteiger charge is 2.39. The number of rotatable bonds is 6. The summed E-state index contributed by atoms with van der Waals surface area (Å²) in [4.78, 5) is 25.8. The highest BCUT2D eigenvalue weighted by Crippen LogP contribution is 2.28. The maximum absolute atomic E-state index is 12.6. The molecule has 3 atom stereocenters. The van der Waals surface area contributed by atoms with Crippen molar-refractivity contribution in [3.63, 3.8) is 0 Å². The molecule has 0 radical (unpaired) electrons. The monoisotopic (exact) mass is 381 g/mol. The molecule has 6 nitrogen and oxygen atoms in total. The van der Waals surface area contributed by atoms with Crippen molar-refractivity contribution in [1.29, 1.82) is 0 Å². The van der Waals surface area contributed by atoms with Crippen LogP contribution in [0.2, 0.25) is 0 Å². The predicted molar refractivity (Wildman–Crippen MR) is 95.9 cm³/mol. The van der Waals surface area contributed by atoms with E-state index in [1.54, 1.807) is 0 Å². The minimum atomic E-state index is -0.651.